The molecule has 1 saturated heterocycles. The zero-order valence-corrected chi connectivity index (χ0v) is 10.2. The highest BCUT2D eigenvalue weighted by atomic mass is 16.5. The van der Waals surface area contributed by atoms with E-state index in [0.717, 1.165) is 0 Å². The van der Waals surface area contributed by atoms with Crippen molar-refractivity contribution in [2.24, 2.45) is 5.11 Å². The van der Waals surface area contributed by atoms with Gasteiger partial charge in [0.05, 0.1) is 18.8 Å². The van der Waals surface area contributed by atoms with Crippen molar-refractivity contribution in [2.45, 2.75) is 31.7 Å². The van der Waals surface area contributed by atoms with Gasteiger partial charge in [0, 0.05) is 33.4 Å². The molecule has 3 atom stereocenters. The Balaban J connectivity index is -0.000000686. The fourth-order valence-corrected chi connectivity index (χ4v) is 2.04. The van der Waals surface area contributed by atoms with E-state index in [9.17, 15) is 9.59 Å². The summed E-state index contributed by atoms with van der Waals surface area (Å²) in [5.41, 5.74) is 7.76. The average molecular weight is 282 g/mol. The summed E-state index contributed by atoms with van der Waals surface area (Å²) in [4.78, 5) is 27.8. The van der Waals surface area contributed by atoms with Crippen molar-refractivity contribution in [1.29, 1.82) is 0 Å². The van der Waals surface area contributed by atoms with Crippen LogP contribution in [0.1, 0.15) is 28.5 Å². The fraction of sp³-hybridized carbons (Fsp3) is 0.600. The van der Waals surface area contributed by atoms with Gasteiger partial charge in [-0.1, -0.05) is 5.11 Å². The van der Waals surface area contributed by atoms with Gasteiger partial charge < -0.3 is 9.84 Å². The second kappa shape index (κ2) is 5.27. The summed E-state index contributed by atoms with van der Waals surface area (Å²) >= 11 is 0. The molecule has 0 bridgehead atoms. The molecule has 0 aromatic carbocycles. The van der Waals surface area contributed by atoms with Crippen LogP contribution in [0.5, 0.6) is 0 Å². The molecule has 110 valence electrons. The van der Waals surface area contributed by atoms with Crippen LogP contribution >= 0.6 is 0 Å². The van der Waals surface area contributed by atoms with Crippen LogP contribution in [0.4, 0.5) is 0 Å². The molecule has 1 aliphatic heterocycles. The van der Waals surface area contributed by atoms with Crippen LogP contribution in [-0.4, -0.2) is 33.4 Å². The zero-order chi connectivity index (χ0) is 20.0. The van der Waals surface area contributed by atoms with Gasteiger partial charge in [0.2, 0.25) is 0 Å². The number of ether oxygens (including phenoxy) is 1. The molecule has 0 aliphatic carbocycles. The van der Waals surface area contributed by atoms with Crippen LogP contribution in [0.3, 0.4) is 0 Å². The molecule has 19 heavy (non-hydrogen) atoms. The van der Waals surface area contributed by atoms with E-state index in [2.05, 4.69) is 15.0 Å². The minimum atomic E-state index is -0.671. The van der Waals surface area contributed by atoms with E-state index < -0.39 is 29.6 Å². The highest BCUT2D eigenvalue weighted by Gasteiger charge is 2.35. The first-order valence-electron chi connectivity index (χ1n) is 8.69. The van der Waals surface area contributed by atoms with Crippen molar-refractivity contribution in [3.63, 3.8) is 0 Å². The summed E-state index contributed by atoms with van der Waals surface area (Å²) in [5, 5.41) is 12.7. The molecule has 0 amide bonds. The SMILES string of the molecule is Cc1cn([C@H]2C[C@H](N=[N+]=[N-])[C@@H](CO)O2)c(=O)[nH]c1=O.[2HH].[2H][2H].[2H][2H].[2H][2H]. The molecule has 9 heteroatoms. The second-order valence-electron chi connectivity index (χ2n) is 4.30. The van der Waals surface area contributed by atoms with Crippen LogP contribution in [0, 0.1) is 6.92 Å². The molecule has 2 rings (SSSR count). The van der Waals surface area contributed by atoms with E-state index in [1.807, 2.05) is 0 Å². The molecule has 1 aromatic heterocycles. The van der Waals surface area contributed by atoms with Crippen LogP contribution in [-0.2, 0) is 4.74 Å². The summed E-state index contributed by atoms with van der Waals surface area (Å²) in [6, 6.07) is -0.542. The number of nitrogens with one attached hydrogen (secondary N) is 1. The molecule has 0 spiro atoms. The van der Waals surface area contributed by atoms with Crippen molar-refractivity contribution in [2.75, 3.05) is 6.61 Å². The van der Waals surface area contributed by atoms with Gasteiger partial charge in [-0.25, -0.2) is 4.79 Å². The number of aliphatic hydroxyl groups is 1. The molecular weight excluding hydrogens is 254 g/mol. The van der Waals surface area contributed by atoms with Gasteiger partial charge in [-0.15, -0.1) is 0 Å². The van der Waals surface area contributed by atoms with E-state index in [-0.39, 0.29) is 14.5 Å². The van der Waals surface area contributed by atoms with E-state index in [4.69, 9.17) is 24.3 Å². The lowest BCUT2D eigenvalue weighted by Gasteiger charge is -2.14. The third-order valence-electron chi connectivity index (χ3n) is 3.04. The smallest absolute Gasteiger partial charge is 0.330 e. The van der Waals surface area contributed by atoms with Gasteiger partial charge in [-0.2, -0.15) is 0 Å². The first-order chi connectivity index (χ1) is 12.1. The number of H-pyrrole nitrogens is 1. The van der Waals surface area contributed by atoms with Gasteiger partial charge >= 0.3 is 5.69 Å². The van der Waals surface area contributed by atoms with E-state index >= 15 is 0 Å². The fourth-order valence-electron chi connectivity index (χ4n) is 2.04. The Morgan fingerprint density at radius 1 is 1.79 bits per heavy atom. The number of hydrogen-bond acceptors (Lipinski definition) is 5. The monoisotopic (exact) mass is 282 g/mol. The summed E-state index contributed by atoms with van der Waals surface area (Å²) in [5.74, 6) is 0. The van der Waals surface area contributed by atoms with Crippen molar-refractivity contribution in [3.8, 4) is 0 Å². The highest BCUT2D eigenvalue weighted by Crippen LogP contribution is 2.29. The predicted octanol–water partition coefficient (Wildman–Crippen LogP) is 0.788. The Labute approximate surface area is 117 Å². The van der Waals surface area contributed by atoms with E-state index in [0.29, 0.717) is 5.56 Å². The Morgan fingerprint density at radius 3 is 3.16 bits per heavy atom. The molecule has 0 unspecified atom stereocenters. The number of aromatic amines is 1. The average Bonchev–Trinajstić information content (AvgIpc) is 3.06. The van der Waals surface area contributed by atoms with Crippen molar-refractivity contribution >= 4 is 0 Å². The van der Waals surface area contributed by atoms with Gasteiger partial charge in [-0.3, -0.25) is 14.3 Å². The number of aliphatic hydroxyl groups excluding tert-OH is 1. The van der Waals surface area contributed by atoms with Crippen LogP contribution in [0.25, 0.3) is 10.4 Å². The Bertz CT molecular complexity index is 651. The first kappa shape index (κ1) is 9.79. The summed E-state index contributed by atoms with van der Waals surface area (Å²) in [6.07, 6.45) is 0.329. The Hall–Kier alpha value is -2.09. The summed E-state index contributed by atoms with van der Waals surface area (Å²) in [6.45, 7) is 1.26. The minimum Gasteiger partial charge on any atom is -0.394 e. The van der Waals surface area contributed by atoms with Crippen molar-refractivity contribution in [1.82, 2.24) is 9.55 Å². The number of rotatable bonds is 3. The molecule has 2 N–H and O–H groups in total. The van der Waals surface area contributed by atoms with Gasteiger partial charge in [-0.05, 0) is 12.5 Å². The molecule has 2 heterocycles. The lowest BCUT2D eigenvalue weighted by molar-refractivity contribution is -0.0271. The van der Waals surface area contributed by atoms with E-state index in [1.165, 1.54) is 10.8 Å². The highest BCUT2D eigenvalue weighted by molar-refractivity contribution is 5.02. The molecule has 0 saturated carbocycles. The third kappa shape index (κ3) is 2.53. The number of aryl methyl sites for hydroxylation is 1. The molecule has 1 aromatic rings. The van der Waals surface area contributed by atoms with Crippen molar-refractivity contribution < 1.29 is 20.2 Å². The van der Waals surface area contributed by atoms with Crippen LogP contribution in [0.15, 0.2) is 20.9 Å². The number of azide groups is 1. The van der Waals surface area contributed by atoms with Gasteiger partial charge in [0.25, 0.3) is 5.56 Å². The lowest BCUT2D eigenvalue weighted by Crippen LogP contribution is -2.33. The van der Waals surface area contributed by atoms with E-state index in [1.54, 1.807) is 6.92 Å². The maximum absolute atomic E-state index is 11.7. The number of hydrogen-bond donors (Lipinski definition) is 2. The topological polar surface area (TPSA) is 133 Å². The quantitative estimate of drug-likeness (QED) is 0.481. The molecule has 1 fully saturated rings. The minimum absolute atomic E-state index is 0. The molecule has 1 aliphatic rings. The number of nitrogens with zero attached hydrogens (tertiary/aromatic N) is 4. The lowest BCUT2D eigenvalue weighted by atomic mass is 10.1. The number of aromatic nitrogens is 2. The Kier molecular flexibility index (Phi) is 2.71. The van der Waals surface area contributed by atoms with Gasteiger partial charge in [0.1, 0.15) is 6.23 Å². The predicted molar refractivity (Wildman–Crippen MR) is 73.1 cm³/mol. The standard InChI is InChI=1S/C10H13N5O4.4H2/c1-5-3-15(10(18)12-9(5)17)8-2-6(13-14-11)7(4-16)19-8;;;;/h3,6-8,16H,2,4H2,1H3,(H,12,17,18);4*1H/t6-,7+,8+;;;;/m0..../s1/i;3*1+1D;1+1. The zero-order valence-electron chi connectivity index (χ0n) is 16.2. The Morgan fingerprint density at radius 2 is 2.53 bits per heavy atom. The molecule has 9 nitrogen and oxygen atoms in total. The maximum Gasteiger partial charge on any atom is 0.330 e. The molecular formula is C10H21N5O4. The molecule has 0 radical (unpaired) electrons. The van der Waals surface area contributed by atoms with Crippen LogP contribution < -0.4 is 11.2 Å². The maximum atomic E-state index is 11.7. The second-order valence-corrected chi connectivity index (χ2v) is 4.30. The first-order valence-corrected chi connectivity index (χ1v) is 5.69. The van der Waals surface area contributed by atoms with Crippen molar-refractivity contribution in [3.05, 3.63) is 43.0 Å². The largest absolute Gasteiger partial charge is 0.394 e. The third-order valence-corrected chi connectivity index (χ3v) is 3.04. The summed E-state index contributed by atoms with van der Waals surface area (Å²) in [7, 11) is 0. The van der Waals surface area contributed by atoms with Gasteiger partial charge in [0.15, 0.2) is 0 Å². The normalized spacial score (nSPS) is 27.4. The summed E-state index contributed by atoms with van der Waals surface area (Å²) < 4.78 is 36.7. The van der Waals surface area contributed by atoms with Crippen LogP contribution in [0.2, 0.25) is 0 Å².